The van der Waals surface area contributed by atoms with Crippen molar-refractivity contribution in [3.63, 3.8) is 0 Å². The Balaban J connectivity index is 3.51. The van der Waals surface area contributed by atoms with Crippen LogP contribution >= 0.6 is 0 Å². The van der Waals surface area contributed by atoms with Crippen molar-refractivity contribution in [2.24, 2.45) is 0 Å². The highest BCUT2D eigenvalue weighted by atomic mass is 16.4. The molecule has 0 heterocycles. The molecule has 0 saturated heterocycles. The number of aliphatic hydroxyl groups is 1. The number of likely N-dealkylation sites (N-methyl/N-ethyl adjacent to an activating group) is 1. The number of hydrogen-bond donors (Lipinski definition) is 1. The molecule has 0 saturated carbocycles. The van der Waals surface area contributed by atoms with E-state index in [-0.39, 0.29) is 6.42 Å². The van der Waals surface area contributed by atoms with Crippen LogP contribution < -0.4 is 5.11 Å². The first-order chi connectivity index (χ1) is 14.7. The van der Waals surface area contributed by atoms with Gasteiger partial charge in [-0.15, -0.1) is 0 Å². The first-order valence-corrected chi connectivity index (χ1v) is 13.4. The van der Waals surface area contributed by atoms with Gasteiger partial charge in [-0.2, -0.15) is 0 Å². The first kappa shape index (κ1) is 30.4. The summed E-state index contributed by atoms with van der Waals surface area (Å²) < 4.78 is 0.652. The minimum atomic E-state index is -0.986. The Bertz CT molecular complexity index is 421. The van der Waals surface area contributed by atoms with Gasteiger partial charge in [-0.1, -0.05) is 110 Å². The minimum Gasteiger partial charge on any atom is -0.550 e. The van der Waals surface area contributed by atoms with Crippen LogP contribution in [0.3, 0.4) is 0 Å². The van der Waals surface area contributed by atoms with Crippen LogP contribution in [0.4, 0.5) is 0 Å². The van der Waals surface area contributed by atoms with Crippen molar-refractivity contribution in [1.82, 2.24) is 0 Å². The summed E-state index contributed by atoms with van der Waals surface area (Å²) in [5.74, 6) is -0.986. The van der Waals surface area contributed by atoms with E-state index in [4.69, 9.17) is 0 Å². The molecule has 0 amide bonds. The molecule has 0 rings (SSSR count). The zero-order valence-corrected chi connectivity index (χ0v) is 21.6. The predicted molar refractivity (Wildman–Crippen MR) is 131 cm³/mol. The molecular weight excluding hydrogens is 386 g/mol. The highest BCUT2D eigenvalue weighted by molar-refractivity contribution is 5.64. The maximum Gasteiger partial charge on any atom is 0.111 e. The fourth-order valence-corrected chi connectivity index (χ4v) is 4.79. The summed E-state index contributed by atoms with van der Waals surface area (Å²) in [5.41, 5.74) is -0.680. The average molecular weight is 442 g/mol. The zero-order valence-electron chi connectivity index (χ0n) is 21.6. The van der Waals surface area contributed by atoms with Crippen LogP contribution in [-0.2, 0) is 4.79 Å². The van der Waals surface area contributed by atoms with E-state index in [0.717, 1.165) is 19.4 Å². The number of nitrogens with zero attached hydrogens (tertiary/aromatic N) is 1. The summed E-state index contributed by atoms with van der Waals surface area (Å²) in [6, 6.07) is 0. The third-order valence-electron chi connectivity index (χ3n) is 6.48. The lowest BCUT2D eigenvalue weighted by atomic mass is 9.96. The van der Waals surface area contributed by atoms with Crippen molar-refractivity contribution < 1.29 is 19.5 Å². The number of carboxylic acids is 1. The van der Waals surface area contributed by atoms with Gasteiger partial charge in [0.05, 0.1) is 20.6 Å². The number of aliphatic carboxylic acids is 1. The molecule has 0 aliphatic heterocycles. The molecule has 0 fully saturated rings. The molecule has 1 unspecified atom stereocenters. The van der Waals surface area contributed by atoms with Crippen LogP contribution in [0, 0.1) is 0 Å². The van der Waals surface area contributed by atoms with Crippen LogP contribution in [0.25, 0.3) is 0 Å². The van der Waals surface area contributed by atoms with E-state index in [2.05, 4.69) is 21.0 Å². The molecule has 0 spiro atoms. The number of hydrogen-bond acceptors (Lipinski definition) is 3. The second-order valence-corrected chi connectivity index (χ2v) is 10.8. The van der Waals surface area contributed by atoms with Crippen molar-refractivity contribution in [3.8, 4) is 0 Å². The van der Waals surface area contributed by atoms with Gasteiger partial charge in [-0.3, -0.25) is 0 Å². The van der Waals surface area contributed by atoms with E-state index < -0.39 is 11.6 Å². The lowest BCUT2D eigenvalue weighted by Gasteiger charge is -2.36. The van der Waals surface area contributed by atoms with E-state index in [0.29, 0.717) is 17.4 Å². The molecule has 0 aromatic rings. The molecule has 31 heavy (non-hydrogen) atoms. The maximum atomic E-state index is 10.7. The normalized spacial score (nSPS) is 14.0. The van der Waals surface area contributed by atoms with Gasteiger partial charge in [0.1, 0.15) is 12.1 Å². The summed E-state index contributed by atoms with van der Waals surface area (Å²) in [6.45, 7) is 5.62. The molecular formula is C27H55NO3. The van der Waals surface area contributed by atoms with E-state index in [1.165, 1.54) is 96.3 Å². The smallest absolute Gasteiger partial charge is 0.111 e. The number of carbonyl (C=O) groups excluding carboxylic acids is 1. The highest BCUT2D eigenvalue weighted by Crippen LogP contribution is 2.20. The summed E-state index contributed by atoms with van der Waals surface area (Å²) >= 11 is 0. The van der Waals surface area contributed by atoms with Crippen LogP contribution in [-0.4, -0.2) is 48.3 Å². The maximum absolute atomic E-state index is 10.7. The number of rotatable bonds is 23. The monoisotopic (exact) mass is 441 g/mol. The molecule has 0 aliphatic carbocycles. The average Bonchev–Trinajstić information content (AvgIpc) is 2.66. The van der Waals surface area contributed by atoms with Crippen molar-refractivity contribution in [1.29, 1.82) is 0 Å². The molecule has 0 aliphatic rings. The Labute approximate surface area is 194 Å². The van der Waals surface area contributed by atoms with E-state index in [9.17, 15) is 15.0 Å². The summed E-state index contributed by atoms with van der Waals surface area (Å²) in [6.07, 6.45) is 23.3. The second-order valence-electron chi connectivity index (χ2n) is 10.8. The first-order valence-electron chi connectivity index (χ1n) is 13.4. The summed E-state index contributed by atoms with van der Waals surface area (Å²) in [5, 5.41) is 21.3. The fourth-order valence-electron chi connectivity index (χ4n) is 4.79. The number of carboxylic acid groups (broad SMARTS) is 1. The van der Waals surface area contributed by atoms with Crippen LogP contribution in [0.2, 0.25) is 0 Å². The van der Waals surface area contributed by atoms with Gasteiger partial charge in [0, 0.05) is 12.4 Å². The van der Waals surface area contributed by atoms with Crippen molar-refractivity contribution >= 4 is 5.97 Å². The van der Waals surface area contributed by atoms with Gasteiger partial charge in [-0.25, -0.2) is 0 Å². The van der Waals surface area contributed by atoms with E-state index >= 15 is 0 Å². The Hall–Kier alpha value is -0.610. The van der Waals surface area contributed by atoms with Gasteiger partial charge in [0.25, 0.3) is 0 Å². The molecule has 4 heteroatoms. The Morgan fingerprint density at radius 3 is 1.52 bits per heavy atom. The Morgan fingerprint density at radius 1 is 0.742 bits per heavy atom. The zero-order chi connectivity index (χ0) is 23.4. The van der Waals surface area contributed by atoms with Gasteiger partial charge < -0.3 is 19.5 Å². The second kappa shape index (κ2) is 18.9. The quantitative estimate of drug-likeness (QED) is 0.156. The van der Waals surface area contributed by atoms with E-state index in [1.807, 2.05) is 6.92 Å². The topological polar surface area (TPSA) is 60.4 Å². The highest BCUT2D eigenvalue weighted by Gasteiger charge is 2.29. The van der Waals surface area contributed by atoms with E-state index in [1.54, 1.807) is 0 Å². The number of unbranched alkanes of at least 4 members (excludes halogenated alkanes) is 15. The SMILES string of the molecule is CCCCCCCCCCCCCCCCCCC(C)(O)C[N+](C)(C)CCCC(=O)[O-]. The van der Waals surface area contributed by atoms with Gasteiger partial charge in [0.15, 0.2) is 0 Å². The van der Waals surface area contributed by atoms with Crippen molar-refractivity contribution in [3.05, 3.63) is 0 Å². The van der Waals surface area contributed by atoms with Crippen LogP contribution in [0.15, 0.2) is 0 Å². The van der Waals surface area contributed by atoms with Gasteiger partial charge in [0.2, 0.25) is 0 Å². The molecule has 1 N–H and O–H groups in total. The number of quaternary nitrogens is 1. The molecule has 1 atom stereocenters. The van der Waals surface area contributed by atoms with Crippen LogP contribution in [0.1, 0.15) is 136 Å². The van der Waals surface area contributed by atoms with Crippen molar-refractivity contribution in [2.45, 2.75) is 141 Å². The standard InChI is InChI=1S/C27H55NO3/c1-5-6-7-8-9-10-11-12-13-14-15-16-17-18-19-20-23-27(2,31)25-28(3,4)24-21-22-26(29)30/h31H,5-25H2,1-4H3. The van der Waals surface area contributed by atoms with Crippen molar-refractivity contribution in [2.75, 3.05) is 27.2 Å². The lowest BCUT2D eigenvalue weighted by Crippen LogP contribution is -2.51. The Kier molecular flexibility index (Phi) is 18.5. The number of carbonyl (C=O) groups is 1. The van der Waals surface area contributed by atoms with Gasteiger partial charge in [-0.05, 0) is 19.8 Å². The molecule has 4 nitrogen and oxygen atoms in total. The summed E-state index contributed by atoms with van der Waals surface area (Å²) in [4.78, 5) is 10.6. The molecule has 0 bridgehead atoms. The molecule has 0 radical (unpaired) electrons. The van der Waals surface area contributed by atoms with Crippen LogP contribution in [0.5, 0.6) is 0 Å². The third-order valence-corrected chi connectivity index (χ3v) is 6.48. The largest absolute Gasteiger partial charge is 0.550 e. The molecule has 0 aromatic heterocycles. The fraction of sp³-hybridized carbons (Fsp3) is 0.963. The molecule has 0 aromatic carbocycles. The molecule has 186 valence electrons. The lowest BCUT2D eigenvalue weighted by molar-refractivity contribution is -0.896. The Morgan fingerprint density at radius 2 is 1.13 bits per heavy atom. The minimum absolute atomic E-state index is 0.100. The predicted octanol–water partition coefficient (Wildman–Crippen LogP) is 6.00. The van der Waals surface area contributed by atoms with Gasteiger partial charge >= 0.3 is 0 Å². The summed E-state index contributed by atoms with van der Waals surface area (Å²) in [7, 11) is 4.13. The third kappa shape index (κ3) is 22.4.